The Morgan fingerprint density at radius 1 is 1.32 bits per heavy atom. The monoisotopic (exact) mass is 274 g/mol. The van der Waals surface area contributed by atoms with Gasteiger partial charge in [-0.05, 0) is 30.9 Å². The first-order valence-electron chi connectivity index (χ1n) is 5.81. The molecular formula is C14H14N2O2S. The predicted molar refractivity (Wildman–Crippen MR) is 75.8 cm³/mol. The number of nitrogens with zero attached hydrogens (tertiary/aromatic N) is 2. The van der Waals surface area contributed by atoms with Crippen LogP contribution in [-0.2, 0) is 6.54 Å². The van der Waals surface area contributed by atoms with E-state index in [0.29, 0.717) is 5.56 Å². The Labute approximate surface area is 115 Å². The lowest BCUT2D eigenvalue weighted by Gasteiger charge is -2.04. The summed E-state index contributed by atoms with van der Waals surface area (Å²) >= 11 is 1.62. The summed E-state index contributed by atoms with van der Waals surface area (Å²) in [6.07, 6.45) is 3.55. The van der Waals surface area contributed by atoms with Crippen molar-refractivity contribution in [1.29, 1.82) is 0 Å². The van der Waals surface area contributed by atoms with E-state index >= 15 is 0 Å². The van der Waals surface area contributed by atoms with E-state index in [4.69, 9.17) is 0 Å². The van der Waals surface area contributed by atoms with Crippen LogP contribution in [0.1, 0.15) is 15.9 Å². The summed E-state index contributed by atoms with van der Waals surface area (Å²) in [5, 5.41) is 3.96. The Morgan fingerprint density at radius 2 is 2.00 bits per heavy atom. The van der Waals surface area contributed by atoms with Crippen LogP contribution < -0.4 is 5.56 Å². The van der Waals surface area contributed by atoms with Gasteiger partial charge in [0.05, 0.1) is 6.20 Å². The Bertz CT molecular complexity index is 647. The second kappa shape index (κ2) is 5.84. The molecule has 0 spiro atoms. The number of hydrogen-bond acceptors (Lipinski definition) is 4. The normalized spacial score (nSPS) is 10.4. The highest BCUT2D eigenvalue weighted by atomic mass is 32.2. The number of aromatic nitrogens is 2. The topological polar surface area (TPSA) is 52.0 Å². The van der Waals surface area contributed by atoms with Gasteiger partial charge in [0.15, 0.2) is 5.78 Å². The van der Waals surface area contributed by atoms with Crippen LogP contribution in [0.15, 0.2) is 46.2 Å². The maximum atomic E-state index is 12.0. The molecule has 0 amide bonds. The van der Waals surface area contributed by atoms with E-state index < -0.39 is 0 Å². The van der Waals surface area contributed by atoms with Gasteiger partial charge in [0.1, 0.15) is 6.54 Å². The number of thioether (sulfide) groups is 1. The maximum Gasteiger partial charge on any atom is 0.267 e. The van der Waals surface area contributed by atoms with Gasteiger partial charge in [-0.15, -0.1) is 11.8 Å². The SMILES string of the molecule is CSc1ccc(C(=O)Cn2ncc(C)cc2=O)cc1. The Balaban J connectivity index is 2.18. The quantitative estimate of drug-likeness (QED) is 0.633. The van der Waals surface area contributed by atoms with E-state index in [9.17, 15) is 9.59 Å². The molecule has 2 aromatic rings. The maximum absolute atomic E-state index is 12.0. The van der Waals surface area contributed by atoms with E-state index in [1.54, 1.807) is 37.0 Å². The van der Waals surface area contributed by atoms with Crippen LogP contribution in [0.4, 0.5) is 0 Å². The average molecular weight is 274 g/mol. The fourth-order valence-electron chi connectivity index (χ4n) is 1.65. The lowest BCUT2D eigenvalue weighted by Crippen LogP contribution is -2.26. The fraction of sp³-hybridized carbons (Fsp3) is 0.214. The molecule has 98 valence electrons. The molecule has 0 saturated heterocycles. The van der Waals surface area contributed by atoms with Crippen LogP contribution in [0.25, 0.3) is 0 Å². The molecule has 0 saturated carbocycles. The van der Waals surface area contributed by atoms with Crippen molar-refractivity contribution in [3.8, 4) is 0 Å². The minimum absolute atomic E-state index is 0.0300. The second-order valence-corrected chi connectivity index (χ2v) is 5.06. The number of benzene rings is 1. The number of aryl methyl sites for hydroxylation is 1. The van der Waals surface area contributed by atoms with Crippen molar-refractivity contribution in [3.05, 3.63) is 58.0 Å². The molecule has 1 aromatic heterocycles. The van der Waals surface area contributed by atoms with Crippen LogP contribution >= 0.6 is 11.8 Å². The Kier molecular flexibility index (Phi) is 4.16. The van der Waals surface area contributed by atoms with E-state index in [1.807, 2.05) is 18.4 Å². The summed E-state index contributed by atoms with van der Waals surface area (Å²) in [5.41, 5.74) is 1.12. The molecular weight excluding hydrogens is 260 g/mol. The van der Waals surface area contributed by atoms with Crippen molar-refractivity contribution in [1.82, 2.24) is 9.78 Å². The number of carbonyl (C=O) groups is 1. The third kappa shape index (κ3) is 3.32. The molecule has 0 bridgehead atoms. The van der Waals surface area contributed by atoms with E-state index in [2.05, 4.69) is 5.10 Å². The molecule has 1 heterocycles. The van der Waals surface area contributed by atoms with Crippen LogP contribution in [0.3, 0.4) is 0 Å². The van der Waals surface area contributed by atoms with Crippen molar-refractivity contribution in [2.24, 2.45) is 0 Å². The summed E-state index contributed by atoms with van der Waals surface area (Å²) in [4.78, 5) is 24.8. The molecule has 0 aliphatic rings. The number of Topliss-reactive ketones (excluding diaryl/α,β-unsaturated/α-hetero) is 1. The van der Waals surface area contributed by atoms with Gasteiger partial charge in [-0.25, -0.2) is 4.68 Å². The highest BCUT2D eigenvalue weighted by Gasteiger charge is 2.08. The number of hydrogen-bond donors (Lipinski definition) is 0. The summed E-state index contributed by atoms with van der Waals surface area (Å²) in [6, 6.07) is 8.80. The second-order valence-electron chi connectivity index (χ2n) is 4.18. The van der Waals surface area contributed by atoms with Gasteiger partial charge in [0.2, 0.25) is 0 Å². The predicted octanol–water partition coefficient (Wildman–Crippen LogP) is 2.16. The summed E-state index contributed by atoms with van der Waals surface area (Å²) in [7, 11) is 0. The zero-order chi connectivity index (χ0) is 13.8. The van der Waals surface area contributed by atoms with Gasteiger partial charge < -0.3 is 0 Å². The molecule has 0 fully saturated rings. The molecule has 0 N–H and O–H groups in total. The van der Waals surface area contributed by atoms with Gasteiger partial charge in [0, 0.05) is 16.5 Å². The smallest absolute Gasteiger partial charge is 0.267 e. The molecule has 0 aliphatic heterocycles. The first-order chi connectivity index (χ1) is 9.10. The molecule has 5 heteroatoms. The third-order valence-electron chi connectivity index (χ3n) is 2.71. The molecule has 0 aliphatic carbocycles. The van der Waals surface area contributed by atoms with Gasteiger partial charge in [0.25, 0.3) is 5.56 Å². The summed E-state index contributed by atoms with van der Waals surface area (Å²) in [6.45, 7) is 1.76. The highest BCUT2D eigenvalue weighted by molar-refractivity contribution is 7.98. The van der Waals surface area contributed by atoms with Crippen LogP contribution in [0, 0.1) is 6.92 Å². The first-order valence-corrected chi connectivity index (χ1v) is 7.03. The van der Waals surface area contributed by atoms with Crippen molar-refractivity contribution in [2.75, 3.05) is 6.26 Å². The van der Waals surface area contributed by atoms with Gasteiger partial charge in [-0.1, -0.05) is 12.1 Å². The van der Waals surface area contributed by atoms with Crippen molar-refractivity contribution >= 4 is 17.5 Å². The fourth-order valence-corrected chi connectivity index (χ4v) is 2.06. The van der Waals surface area contributed by atoms with Gasteiger partial charge in [-0.3, -0.25) is 9.59 Å². The van der Waals surface area contributed by atoms with E-state index in [-0.39, 0.29) is 17.9 Å². The van der Waals surface area contributed by atoms with Crippen molar-refractivity contribution in [3.63, 3.8) is 0 Å². The van der Waals surface area contributed by atoms with E-state index in [0.717, 1.165) is 10.5 Å². The lowest BCUT2D eigenvalue weighted by atomic mass is 10.1. The zero-order valence-corrected chi connectivity index (χ0v) is 11.6. The highest BCUT2D eigenvalue weighted by Crippen LogP contribution is 2.15. The van der Waals surface area contributed by atoms with Crippen molar-refractivity contribution in [2.45, 2.75) is 18.4 Å². The minimum atomic E-state index is -0.255. The summed E-state index contributed by atoms with van der Waals surface area (Å²) in [5.74, 6) is -0.119. The Hall–Kier alpha value is -1.88. The molecule has 4 nitrogen and oxygen atoms in total. The first kappa shape index (κ1) is 13.5. The lowest BCUT2D eigenvalue weighted by molar-refractivity contribution is 0.0965. The van der Waals surface area contributed by atoms with Crippen LogP contribution in [0.5, 0.6) is 0 Å². The van der Waals surface area contributed by atoms with Gasteiger partial charge in [-0.2, -0.15) is 5.10 Å². The minimum Gasteiger partial charge on any atom is -0.292 e. The average Bonchev–Trinajstić information content (AvgIpc) is 2.42. The molecule has 0 radical (unpaired) electrons. The third-order valence-corrected chi connectivity index (χ3v) is 3.46. The standard InChI is InChI=1S/C14H14N2O2S/c1-10-7-14(18)16(15-8-10)9-13(17)11-3-5-12(19-2)6-4-11/h3-8H,9H2,1-2H3. The molecule has 19 heavy (non-hydrogen) atoms. The number of rotatable bonds is 4. The Morgan fingerprint density at radius 3 is 2.58 bits per heavy atom. The number of ketones is 1. The zero-order valence-electron chi connectivity index (χ0n) is 10.8. The summed E-state index contributed by atoms with van der Waals surface area (Å²) < 4.78 is 1.18. The molecule has 0 atom stereocenters. The van der Waals surface area contributed by atoms with Crippen molar-refractivity contribution < 1.29 is 4.79 Å². The van der Waals surface area contributed by atoms with Crippen LogP contribution in [-0.4, -0.2) is 21.8 Å². The largest absolute Gasteiger partial charge is 0.292 e. The van der Waals surface area contributed by atoms with E-state index in [1.165, 1.54) is 10.7 Å². The molecule has 1 aromatic carbocycles. The number of carbonyl (C=O) groups excluding carboxylic acids is 1. The van der Waals surface area contributed by atoms with Crippen LogP contribution in [0.2, 0.25) is 0 Å². The molecule has 2 rings (SSSR count). The molecule has 0 unspecified atom stereocenters. The van der Waals surface area contributed by atoms with Gasteiger partial charge >= 0.3 is 0 Å².